The smallest absolute Gasteiger partial charge is 0.335 e. The van der Waals surface area contributed by atoms with Crippen molar-refractivity contribution in [1.29, 1.82) is 0 Å². The number of thiophene rings is 1. The Kier molecular flexibility index (Phi) is 5.66. The van der Waals surface area contributed by atoms with Crippen LogP contribution in [0.1, 0.15) is 22.2 Å². The van der Waals surface area contributed by atoms with E-state index in [4.69, 9.17) is 14.6 Å². The van der Waals surface area contributed by atoms with E-state index in [1.165, 1.54) is 12.1 Å². The first-order valence-corrected chi connectivity index (χ1v) is 8.53. The molecule has 0 aliphatic rings. The fraction of sp³-hybridized carbons (Fsp3) is 0.214. The van der Waals surface area contributed by atoms with Gasteiger partial charge in [-0.1, -0.05) is 0 Å². The zero-order valence-corrected chi connectivity index (χ0v) is 15.0. The first-order chi connectivity index (χ1) is 10.0. The number of carboxylic acid groups (broad SMARTS) is 1. The van der Waals surface area contributed by atoms with Crippen LogP contribution in [0.4, 0.5) is 0 Å². The molecule has 0 unspecified atom stereocenters. The Hall–Kier alpha value is -1.05. The fourth-order valence-electron chi connectivity index (χ4n) is 1.67. The number of halogens is 2. The summed E-state index contributed by atoms with van der Waals surface area (Å²) in [4.78, 5) is 12.1. The highest BCUT2D eigenvalue weighted by molar-refractivity contribution is 9.10. The SMILES string of the molecule is CCOc1cc(C(=O)O)cc(Br)c1OCc1cc(Br)cs1. The molecule has 0 aliphatic carbocycles. The predicted octanol–water partition coefficient (Wildman–Crippen LogP) is 4.95. The van der Waals surface area contributed by atoms with Crippen molar-refractivity contribution in [2.24, 2.45) is 0 Å². The average molecular weight is 436 g/mol. The summed E-state index contributed by atoms with van der Waals surface area (Å²) in [5.41, 5.74) is 0.150. The molecule has 2 rings (SSSR count). The molecule has 112 valence electrons. The highest BCUT2D eigenvalue weighted by Crippen LogP contribution is 2.38. The molecular weight excluding hydrogens is 424 g/mol. The minimum atomic E-state index is -1.01. The molecule has 0 spiro atoms. The van der Waals surface area contributed by atoms with Gasteiger partial charge in [0.25, 0.3) is 0 Å². The van der Waals surface area contributed by atoms with E-state index in [0.29, 0.717) is 29.2 Å². The van der Waals surface area contributed by atoms with Gasteiger partial charge in [0.15, 0.2) is 11.5 Å². The van der Waals surface area contributed by atoms with Crippen molar-refractivity contribution in [1.82, 2.24) is 0 Å². The maximum Gasteiger partial charge on any atom is 0.335 e. The van der Waals surface area contributed by atoms with Crippen LogP contribution in [0.25, 0.3) is 0 Å². The minimum absolute atomic E-state index is 0.150. The minimum Gasteiger partial charge on any atom is -0.490 e. The lowest BCUT2D eigenvalue weighted by Gasteiger charge is -2.14. The summed E-state index contributed by atoms with van der Waals surface area (Å²) in [7, 11) is 0. The van der Waals surface area contributed by atoms with Crippen LogP contribution in [0.3, 0.4) is 0 Å². The molecule has 21 heavy (non-hydrogen) atoms. The summed E-state index contributed by atoms with van der Waals surface area (Å²) in [5, 5.41) is 11.1. The zero-order chi connectivity index (χ0) is 15.4. The predicted molar refractivity (Wildman–Crippen MR) is 88.6 cm³/mol. The van der Waals surface area contributed by atoms with Crippen LogP contribution in [-0.2, 0) is 6.61 Å². The van der Waals surface area contributed by atoms with Crippen LogP contribution in [0, 0.1) is 0 Å². The van der Waals surface area contributed by atoms with E-state index in [9.17, 15) is 4.79 Å². The van der Waals surface area contributed by atoms with Crippen molar-refractivity contribution in [3.05, 3.63) is 43.0 Å². The number of carboxylic acids is 1. The summed E-state index contributed by atoms with van der Waals surface area (Å²) in [6.07, 6.45) is 0. The first-order valence-electron chi connectivity index (χ1n) is 6.06. The van der Waals surface area contributed by atoms with Crippen LogP contribution in [0.2, 0.25) is 0 Å². The molecule has 0 radical (unpaired) electrons. The van der Waals surface area contributed by atoms with Gasteiger partial charge in [-0.2, -0.15) is 0 Å². The number of aromatic carboxylic acids is 1. The third-order valence-corrected chi connectivity index (χ3v) is 4.80. The van der Waals surface area contributed by atoms with E-state index in [2.05, 4.69) is 31.9 Å². The molecule has 1 heterocycles. The van der Waals surface area contributed by atoms with Crippen molar-refractivity contribution in [2.45, 2.75) is 13.5 Å². The highest BCUT2D eigenvalue weighted by atomic mass is 79.9. The van der Waals surface area contributed by atoms with Crippen LogP contribution in [-0.4, -0.2) is 17.7 Å². The maximum atomic E-state index is 11.1. The Labute approximate surface area is 143 Å². The summed E-state index contributed by atoms with van der Waals surface area (Å²) in [6.45, 7) is 2.65. The molecule has 1 N–H and O–H groups in total. The molecule has 1 aromatic carbocycles. The topological polar surface area (TPSA) is 55.8 Å². The van der Waals surface area contributed by atoms with E-state index >= 15 is 0 Å². The van der Waals surface area contributed by atoms with Gasteiger partial charge in [0.2, 0.25) is 0 Å². The largest absolute Gasteiger partial charge is 0.490 e. The van der Waals surface area contributed by atoms with Crippen molar-refractivity contribution in [2.75, 3.05) is 6.61 Å². The molecule has 0 bridgehead atoms. The van der Waals surface area contributed by atoms with E-state index in [1.54, 1.807) is 11.3 Å². The monoisotopic (exact) mass is 434 g/mol. The quantitative estimate of drug-likeness (QED) is 0.697. The molecule has 0 atom stereocenters. The summed E-state index contributed by atoms with van der Waals surface area (Å²) < 4.78 is 12.8. The fourth-order valence-corrected chi connectivity index (χ4v) is 3.59. The number of ether oxygens (including phenoxy) is 2. The second kappa shape index (κ2) is 7.29. The third-order valence-electron chi connectivity index (χ3n) is 2.54. The van der Waals surface area contributed by atoms with Gasteiger partial charge in [0.1, 0.15) is 6.61 Å². The zero-order valence-electron chi connectivity index (χ0n) is 11.1. The molecular formula is C14H12Br2O4S. The Bertz CT molecular complexity index is 654. The molecule has 0 fully saturated rings. The molecule has 2 aromatic rings. The van der Waals surface area contributed by atoms with Gasteiger partial charge in [0, 0.05) is 14.7 Å². The van der Waals surface area contributed by atoms with Gasteiger partial charge in [0.05, 0.1) is 16.6 Å². The summed E-state index contributed by atoms with van der Waals surface area (Å²) in [5.74, 6) is -0.0864. The summed E-state index contributed by atoms with van der Waals surface area (Å²) in [6, 6.07) is 4.95. The number of hydrogen-bond donors (Lipinski definition) is 1. The lowest BCUT2D eigenvalue weighted by molar-refractivity contribution is 0.0696. The highest BCUT2D eigenvalue weighted by Gasteiger charge is 2.16. The van der Waals surface area contributed by atoms with Gasteiger partial charge in [-0.3, -0.25) is 0 Å². The van der Waals surface area contributed by atoms with Gasteiger partial charge >= 0.3 is 5.97 Å². The van der Waals surface area contributed by atoms with E-state index in [-0.39, 0.29) is 5.56 Å². The number of carbonyl (C=O) groups is 1. The molecule has 0 saturated carbocycles. The van der Waals surface area contributed by atoms with Crippen LogP contribution in [0.15, 0.2) is 32.5 Å². The Balaban J connectivity index is 2.26. The average Bonchev–Trinajstić information content (AvgIpc) is 2.83. The van der Waals surface area contributed by atoms with Crippen molar-refractivity contribution >= 4 is 49.2 Å². The summed E-state index contributed by atoms with van der Waals surface area (Å²) >= 11 is 8.31. The van der Waals surface area contributed by atoms with Crippen LogP contribution in [0.5, 0.6) is 11.5 Å². The molecule has 7 heteroatoms. The van der Waals surface area contributed by atoms with Gasteiger partial charge in [-0.25, -0.2) is 4.79 Å². The lowest BCUT2D eigenvalue weighted by Crippen LogP contribution is -2.03. The lowest BCUT2D eigenvalue weighted by atomic mass is 10.2. The Morgan fingerprint density at radius 2 is 2.05 bits per heavy atom. The van der Waals surface area contributed by atoms with E-state index in [1.807, 2.05) is 18.4 Å². The Morgan fingerprint density at radius 3 is 2.62 bits per heavy atom. The van der Waals surface area contributed by atoms with Crippen molar-refractivity contribution < 1.29 is 19.4 Å². The van der Waals surface area contributed by atoms with E-state index < -0.39 is 5.97 Å². The first kappa shape index (κ1) is 16.3. The second-order valence-corrected chi connectivity index (χ2v) is 6.81. The van der Waals surface area contributed by atoms with Gasteiger partial charge < -0.3 is 14.6 Å². The van der Waals surface area contributed by atoms with Crippen molar-refractivity contribution in [3.63, 3.8) is 0 Å². The number of rotatable bonds is 6. The molecule has 0 saturated heterocycles. The molecule has 4 nitrogen and oxygen atoms in total. The second-order valence-electron chi connectivity index (χ2n) is 4.04. The van der Waals surface area contributed by atoms with E-state index in [0.717, 1.165) is 9.35 Å². The normalized spacial score (nSPS) is 10.4. The van der Waals surface area contributed by atoms with Crippen LogP contribution < -0.4 is 9.47 Å². The third kappa shape index (κ3) is 4.21. The number of benzene rings is 1. The van der Waals surface area contributed by atoms with Gasteiger partial charge in [-0.15, -0.1) is 11.3 Å². The number of hydrogen-bond acceptors (Lipinski definition) is 4. The Morgan fingerprint density at radius 1 is 1.29 bits per heavy atom. The standard InChI is InChI=1S/C14H12Br2O4S/c1-2-19-12-4-8(14(17)18)3-11(16)13(12)20-6-10-5-9(15)7-21-10/h3-5,7H,2,6H2,1H3,(H,17,18). The molecule has 1 aromatic heterocycles. The van der Waals surface area contributed by atoms with Crippen molar-refractivity contribution in [3.8, 4) is 11.5 Å². The molecule has 0 aliphatic heterocycles. The van der Waals surface area contributed by atoms with Gasteiger partial charge in [-0.05, 0) is 57.0 Å². The molecule has 0 amide bonds. The van der Waals surface area contributed by atoms with Crippen LogP contribution >= 0.6 is 43.2 Å². The maximum absolute atomic E-state index is 11.1.